The van der Waals surface area contributed by atoms with Gasteiger partial charge in [0.1, 0.15) is 0 Å². The zero-order valence-corrected chi connectivity index (χ0v) is 10.9. The van der Waals surface area contributed by atoms with Crippen molar-refractivity contribution in [2.75, 3.05) is 5.32 Å². The number of carbonyl (C=O) groups excluding carboxylic acids is 1. The lowest BCUT2D eigenvalue weighted by Gasteiger charge is -2.08. The zero-order chi connectivity index (χ0) is 14.8. The Bertz CT molecular complexity index is 831. The van der Waals surface area contributed by atoms with Crippen molar-refractivity contribution < 1.29 is 15.0 Å². The fourth-order valence-corrected chi connectivity index (χ4v) is 2.05. The number of anilines is 1. The third-order valence-electron chi connectivity index (χ3n) is 3.11. The van der Waals surface area contributed by atoms with Crippen LogP contribution in [0.3, 0.4) is 0 Å². The number of nitrogens with zero attached hydrogens (tertiary/aromatic N) is 1. The van der Waals surface area contributed by atoms with Crippen molar-refractivity contribution in [3.05, 3.63) is 60.3 Å². The molecule has 5 heteroatoms. The average Bonchev–Trinajstić information content (AvgIpc) is 2.50. The SMILES string of the molecule is O=C(Nc1cnc2ccccc2c1)c1cccc(O)c1O. The first-order valence-electron chi connectivity index (χ1n) is 6.32. The molecule has 0 aliphatic carbocycles. The largest absolute Gasteiger partial charge is 0.504 e. The van der Waals surface area contributed by atoms with E-state index in [-0.39, 0.29) is 11.3 Å². The third kappa shape index (κ3) is 2.49. The summed E-state index contributed by atoms with van der Waals surface area (Å²) in [6, 6.07) is 13.6. The van der Waals surface area contributed by atoms with Crippen molar-refractivity contribution in [1.29, 1.82) is 0 Å². The first kappa shape index (κ1) is 12.9. The Hall–Kier alpha value is -3.08. The molecule has 3 rings (SSSR count). The molecule has 104 valence electrons. The lowest BCUT2D eigenvalue weighted by molar-refractivity contribution is 0.102. The maximum absolute atomic E-state index is 12.1. The van der Waals surface area contributed by atoms with E-state index >= 15 is 0 Å². The van der Waals surface area contributed by atoms with Crippen molar-refractivity contribution in [2.24, 2.45) is 0 Å². The number of carbonyl (C=O) groups is 1. The topological polar surface area (TPSA) is 82.5 Å². The van der Waals surface area contributed by atoms with Crippen LogP contribution >= 0.6 is 0 Å². The van der Waals surface area contributed by atoms with Gasteiger partial charge in [0.15, 0.2) is 11.5 Å². The number of hydrogen-bond donors (Lipinski definition) is 3. The van der Waals surface area contributed by atoms with Crippen molar-refractivity contribution >= 4 is 22.5 Å². The van der Waals surface area contributed by atoms with E-state index in [0.29, 0.717) is 5.69 Å². The number of nitrogens with one attached hydrogen (secondary N) is 1. The predicted molar refractivity (Wildman–Crippen MR) is 79.5 cm³/mol. The molecule has 3 N–H and O–H groups in total. The molecular weight excluding hydrogens is 268 g/mol. The van der Waals surface area contributed by atoms with Crippen molar-refractivity contribution in [1.82, 2.24) is 4.98 Å². The number of fused-ring (bicyclic) bond motifs is 1. The Kier molecular flexibility index (Phi) is 3.16. The van der Waals surface area contributed by atoms with Crippen molar-refractivity contribution in [3.8, 4) is 11.5 Å². The molecular formula is C16H12N2O3. The zero-order valence-electron chi connectivity index (χ0n) is 10.9. The van der Waals surface area contributed by atoms with E-state index in [1.165, 1.54) is 18.2 Å². The summed E-state index contributed by atoms with van der Waals surface area (Å²) in [5, 5.41) is 22.6. The lowest BCUT2D eigenvalue weighted by atomic mass is 10.1. The molecule has 0 atom stereocenters. The standard InChI is InChI=1S/C16H12N2O3/c19-14-7-3-5-12(15(14)20)16(21)18-11-8-10-4-1-2-6-13(10)17-9-11/h1-9,19-20H,(H,18,21). The number of phenols is 2. The third-order valence-corrected chi connectivity index (χ3v) is 3.11. The molecule has 5 nitrogen and oxygen atoms in total. The Morgan fingerprint density at radius 1 is 1.05 bits per heavy atom. The van der Waals surface area contributed by atoms with Crippen molar-refractivity contribution in [3.63, 3.8) is 0 Å². The number of phenolic OH excluding ortho intramolecular Hbond substituents is 2. The molecule has 0 radical (unpaired) electrons. The Balaban J connectivity index is 1.91. The summed E-state index contributed by atoms with van der Waals surface area (Å²) >= 11 is 0. The monoisotopic (exact) mass is 280 g/mol. The molecule has 1 heterocycles. The van der Waals surface area contributed by atoms with Gasteiger partial charge in [-0.05, 0) is 24.3 Å². The van der Waals surface area contributed by atoms with Crippen LogP contribution in [0.15, 0.2) is 54.7 Å². The van der Waals surface area contributed by atoms with Gasteiger partial charge in [0, 0.05) is 5.39 Å². The minimum absolute atomic E-state index is 0.00292. The molecule has 0 saturated heterocycles. The Morgan fingerprint density at radius 2 is 1.86 bits per heavy atom. The van der Waals surface area contributed by atoms with Crippen LogP contribution in [0, 0.1) is 0 Å². The van der Waals surface area contributed by atoms with E-state index in [9.17, 15) is 15.0 Å². The Labute approximate surface area is 120 Å². The number of amides is 1. The van der Waals surface area contributed by atoms with Crippen LogP contribution in [0.1, 0.15) is 10.4 Å². The maximum Gasteiger partial charge on any atom is 0.259 e. The van der Waals surface area contributed by atoms with Crippen LogP contribution < -0.4 is 5.32 Å². The minimum atomic E-state index is -0.513. The van der Waals surface area contributed by atoms with E-state index in [1.807, 2.05) is 24.3 Å². The van der Waals surface area contributed by atoms with Gasteiger partial charge in [-0.1, -0.05) is 24.3 Å². The molecule has 2 aromatic carbocycles. The lowest BCUT2D eigenvalue weighted by Crippen LogP contribution is -2.12. The van der Waals surface area contributed by atoms with Gasteiger partial charge in [0.05, 0.1) is 23.0 Å². The Morgan fingerprint density at radius 3 is 2.71 bits per heavy atom. The van der Waals surface area contributed by atoms with Gasteiger partial charge in [0.25, 0.3) is 5.91 Å². The number of aromatic hydroxyl groups is 2. The summed E-state index contributed by atoms with van der Waals surface area (Å²) in [6.45, 7) is 0. The van der Waals surface area contributed by atoms with Crippen LogP contribution in [0.5, 0.6) is 11.5 Å². The number of hydrogen-bond acceptors (Lipinski definition) is 4. The molecule has 0 spiro atoms. The maximum atomic E-state index is 12.1. The number of rotatable bonds is 2. The summed E-state index contributed by atoms with van der Waals surface area (Å²) in [5.74, 6) is -1.29. The van der Waals surface area contributed by atoms with Gasteiger partial charge in [-0.15, -0.1) is 0 Å². The summed E-state index contributed by atoms with van der Waals surface area (Å²) in [4.78, 5) is 16.4. The number of pyridine rings is 1. The molecule has 0 saturated carbocycles. The van der Waals surface area contributed by atoms with Crippen molar-refractivity contribution in [2.45, 2.75) is 0 Å². The molecule has 3 aromatic rings. The van der Waals surface area contributed by atoms with Gasteiger partial charge in [-0.2, -0.15) is 0 Å². The van der Waals surface area contributed by atoms with E-state index < -0.39 is 11.7 Å². The van der Waals surface area contributed by atoms with Crippen LogP contribution in [-0.4, -0.2) is 21.1 Å². The molecule has 21 heavy (non-hydrogen) atoms. The van der Waals surface area contributed by atoms with E-state index in [2.05, 4.69) is 10.3 Å². The highest BCUT2D eigenvalue weighted by molar-refractivity contribution is 6.07. The first-order chi connectivity index (χ1) is 10.1. The second-order valence-corrected chi connectivity index (χ2v) is 4.54. The number of para-hydroxylation sites is 2. The highest BCUT2D eigenvalue weighted by atomic mass is 16.3. The fraction of sp³-hybridized carbons (Fsp3) is 0. The summed E-state index contributed by atoms with van der Waals surface area (Å²) in [5.41, 5.74) is 1.35. The number of benzene rings is 2. The summed E-state index contributed by atoms with van der Waals surface area (Å²) in [6.07, 6.45) is 1.54. The molecule has 0 aliphatic heterocycles. The van der Waals surface area contributed by atoms with E-state index in [0.717, 1.165) is 10.9 Å². The molecule has 1 amide bonds. The summed E-state index contributed by atoms with van der Waals surface area (Å²) in [7, 11) is 0. The molecule has 0 bridgehead atoms. The van der Waals surface area contributed by atoms with Crippen LogP contribution in [-0.2, 0) is 0 Å². The summed E-state index contributed by atoms with van der Waals surface area (Å²) < 4.78 is 0. The average molecular weight is 280 g/mol. The van der Waals surface area contributed by atoms with Gasteiger partial charge < -0.3 is 15.5 Å². The fourth-order valence-electron chi connectivity index (χ4n) is 2.05. The predicted octanol–water partition coefficient (Wildman–Crippen LogP) is 2.90. The molecule has 1 aromatic heterocycles. The second-order valence-electron chi connectivity index (χ2n) is 4.54. The highest BCUT2D eigenvalue weighted by Gasteiger charge is 2.14. The smallest absolute Gasteiger partial charge is 0.259 e. The minimum Gasteiger partial charge on any atom is -0.504 e. The first-order valence-corrected chi connectivity index (χ1v) is 6.32. The van der Waals surface area contributed by atoms with E-state index in [4.69, 9.17) is 0 Å². The van der Waals surface area contributed by atoms with E-state index in [1.54, 1.807) is 12.3 Å². The van der Waals surface area contributed by atoms with Crippen LogP contribution in [0.25, 0.3) is 10.9 Å². The van der Waals surface area contributed by atoms with Gasteiger partial charge in [-0.3, -0.25) is 9.78 Å². The molecule has 0 aliphatic rings. The van der Waals surface area contributed by atoms with Gasteiger partial charge >= 0.3 is 0 Å². The van der Waals surface area contributed by atoms with Gasteiger partial charge in [0.2, 0.25) is 0 Å². The molecule has 0 fully saturated rings. The van der Waals surface area contributed by atoms with Gasteiger partial charge in [-0.25, -0.2) is 0 Å². The van der Waals surface area contributed by atoms with Crippen LogP contribution in [0.4, 0.5) is 5.69 Å². The normalized spacial score (nSPS) is 10.5. The highest BCUT2D eigenvalue weighted by Crippen LogP contribution is 2.28. The number of aromatic nitrogens is 1. The second kappa shape index (κ2) is 5.13. The molecule has 0 unspecified atom stereocenters. The quantitative estimate of drug-likeness (QED) is 0.630. The van der Waals surface area contributed by atoms with Crippen LogP contribution in [0.2, 0.25) is 0 Å².